The molecule has 0 saturated heterocycles. The number of anilines is 1. The molecule has 0 bridgehead atoms. The van der Waals surface area contributed by atoms with Gasteiger partial charge in [0.15, 0.2) is 0 Å². The quantitative estimate of drug-likeness (QED) is 0.777. The van der Waals surface area contributed by atoms with Gasteiger partial charge in [0.2, 0.25) is 5.91 Å². The first-order valence-electron chi connectivity index (χ1n) is 7.00. The van der Waals surface area contributed by atoms with Crippen molar-refractivity contribution in [1.82, 2.24) is 4.90 Å². The van der Waals surface area contributed by atoms with Crippen LogP contribution in [0.15, 0.2) is 30.3 Å². The van der Waals surface area contributed by atoms with Crippen LogP contribution in [-0.4, -0.2) is 43.5 Å². The molecule has 0 heterocycles. The van der Waals surface area contributed by atoms with Crippen LogP contribution in [0.2, 0.25) is 0 Å². The molecule has 0 aliphatic heterocycles. The SMILES string of the molecule is CCN(CC)C(=O)CN(CCCN)c1ccccc1. The van der Waals surface area contributed by atoms with Crippen molar-refractivity contribution in [1.29, 1.82) is 0 Å². The highest BCUT2D eigenvalue weighted by Crippen LogP contribution is 2.13. The minimum absolute atomic E-state index is 0.172. The molecule has 0 saturated carbocycles. The molecule has 0 aliphatic rings. The Bertz CT molecular complexity index is 363. The van der Waals surface area contributed by atoms with Crippen LogP contribution in [0.25, 0.3) is 0 Å². The molecule has 0 aromatic heterocycles. The van der Waals surface area contributed by atoms with E-state index in [1.165, 1.54) is 0 Å². The second-order valence-corrected chi connectivity index (χ2v) is 4.47. The molecule has 4 nitrogen and oxygen atoms in total. The van der Waals surface area contributed by atoms with Crippen LogP contribution in [0.4, 0.5) is 5.69 Å². The maximum absolute atomic E-state index is 12.2. The van der Waals surface area contributed by atoms with E-state index < -0.39 is 0 Å². The summed E-state index contributed by atoms with van der Waals surface area (Å²) < 4.78 is 0. The third kappa shape index (κ3) is 4.91. The molecule has 1 aromatic carbocycles. The average Bonchev–Trinajstić information content (AvgIpc) is 2.45. The van der Waals surface area contributed by atoms with Gasteiger partial charge < -0.3 is 15.5 Å². The van der Waals surface area contributed by atoms with E-state index in [-0.39, 0.29) is 5.91 Å². The van der Waals surface area contributed by atoms with Crippen LogP contribution in [0, 0.1) is 0 Å². The molecule has 106 valence electrons. The monoisotopic (exact) mass is 263 g/mol. The van der Waals surface area contributed by atoms with Gasteiger partial charge in [0.25, 0.3) is 0 Å². The van der Waals surface area contributed by atoms with Gasteiger partial charge >= 0.3 is 0 Å². The van der Waals surface area contributed by atoms with Crippen molar-refractivity contribution in [3.05, 3.63) is 30.3 Å². The van der Waals surface area contributed by atoms with Gasteiger partial charge in [-0.15, -0.1) is 0 Å². The fourth-order valence-corrected chi connectivity index (χ4v) is 2.06. The first-order chi connectivity index (χ1) is 9.22. The van der Waals surface area contributed by atoms with Crippen LogP contribution in [0.1, 0.15) is 20.3 Å². The van der Waals surface area contributed by atoms with Crippen LogP contribution in [0.5, 0.6) is 0 Å². The Morgan fingerprint density at radius 2 is 1.79 bits per heavy atom. The second-order valence-electron chi connectivity index (χ2n) is 4.47. The van der Waals surface area contributed by atoms with Crippen LogP contribution < -0.4 is 10.6 Å². The Balaban J connectivity index is 2.72. The summed E-state index contributed by atoms with van der Waals surface area (Å²) in [6, 6.07) is 10.0. The van der Waals surface area contributed by atoms with E-state index in [1.54, 1.807) is 0 Å². The summed E-state index contributed by atoms with van der Waals surface area (Å²) in [7, 11) is 0. The van der Waals surface area contributed by atoms with Gasteiger partial charge in [-0.1, -0.05) is 18.2 Å². The molecule has 1 rings (SSSR count). The second kappa shape index (κ2) is 8.53. The Hall–Kier alpha value is -1.55. The zero-order valence-corrected chi connectivity index (χ0v) is 12.0. The van der Waals surface area contributed by atoms with E-state index in [9.17, 15) is 4.79 Å². The van der Waals surface area contributed by atoms with Gasteiger partial charge in [-0.05, 0) is 38.9 Å². The highest BCUT2D eigenvalue weighted by Gasteiger charge is 2.15. The fraction of sp³-hybridized carbons (Fsp3) is 0.533. The van der Waals surface area contributed by atoms with Crippen molar-refractivity contribution in [2.45, 2.75) is 20.3 Å². The Morgan fingerprint density at radius 3 is 2.32 bits per heavy atom. The standard InChI is InChI=1S/C15H25N3O/c1-3-17(4-2)15(19)13-18(12-8-11-16)14-9-6-5-7-10-14/h5-7,9-10H,3-4,8,11-13,16H2,1-2H3. The van der Waals surface area contributed by atoms with Gasteiger partial charge in [0.05, 0.1) is 6.54 Å². The molecule has 1 aromatic rings. The Labute approximate surface area is 116 Å². The predicted molar refractivity (Wildman–Crippen MR) is 80.3 cm³/mol. The molecular formula is C15H25N3O. The molecule has 4 heteroatoms. The van der Waals surface area contributed by atoms with E-state index in [0.717, 1.165) is 31.7 Å². The molecular weight excluding hydrogens is 238 g/mol. The summed E-state index contributed by atoms with van der Waals surface area (Å²) >= 11 is 0. The lowest BCUT2D eigenvalue weighted by atomic mass is 10.2. The van der Waals surface area contributed by atoms with Gasteiger partial charge in [-0.3, -0.25) is 4.79 Å². The van der Waals surface area contributed by atoms with Gasteiger partial charge in [0.1, 0.15) is 0 Å². The lowest BCUT2D eigenvalue weighted by Gasteiger charge is -2.27. The van der Waals surface area contributed by atoms with Crippen molar-refractivity contribution in [3.63, 3.8) is 0 Å². The smallest absolute Gasteiger partial charge is 0.242 e. The number of carbonyl (C=O) groups excluding carboxylic acids is 1. The number of nitrogens with two attached hydrogens (primary N) is 1. The normalized spacial score (nSPS) is 10.3. The fourth-order valence-electron chi connectivity index (χ4n) is 2.06. The van der Waals surface area contributed by atoms with E-state index in [0.29, 0.717) is 13.1 Å². The van der Waals surface area contributed by atoms with Crippen molar-refractivity contribution in [2.75, 3.05) is 37.6 Å². The Kier molecular flexibility index (Phi) is 6.97. The number of hydrogen-bond acceptors (Lipinski definition) is 3. The maximum Gasteiger partial charge on any atom is 0.242 e. The Morgan fingerprint density at radius 1 is 1.16 bits per heavy atom. The summed E-state index contributed by atoms with van der Waals surface area (Å²) in [5.74, 6) is 0.172. The summed E-state index contributed by atoms with van der Waals surface area (Å²) in [6.07, 6.45) is 0.889. The molecule has 19 heavy (non-hydrogen) atoms. The summed E-state index contributed by atoms with van der Waals surface area (Å²) in [5, 5.41) is 0. The largest absolute Gasteiger partial charge is 0.362 e. The lowest BCUT2D eigenvalue weighted by Crippen LogP contribution is -2.41. The minimum atomic E-state index is 0.172. The molecule has 0 aliphatic carbocycles. The van der Waals surface area contributed by atoms with E-state index >= 15 is 0 Å². The third-order valence-electron chi connectivity index (χ3n) is 3.20. The number of hydrogen-bond donors (Lipinski definition) is 1. The third-order valence-corrected chi connectivity index (χ3v) is 3.20. The van der Waals surface area contributed by atoms with Crippen LogP contribution in [-0.2, 0) is 4.79 Å². The predicted octanol–water partition coefficient (Wildman–Crippen LogP) is 1.71. The summed E-state index contributed by atoms with van der Waals surface area (Å²) in [4.78, 5) is 16.2. The molecule has 1 amide bonds. The molecule has 0 unspecified atom stereocenters. The highest BCUT2D eigenvalue weighted by molar-refractivity contribution is 5.81. The number of nitrogens with zero attached hydrogens (tertiary/aromatic N) is 2. The zero-order valence-electron chi connectivity index (χ0n) is 12.0. The topological polar surface area (TPSA) is 49.6 Å². The zero-order chi connectivity index (χ0) is 14.1. The van der Waals surface area contributed by atoms with Crippen LogP contribution in [0.3, 0.4) is 0 Å². The first kappa shape index (κ1) is 15.5. The highest BCUT2D eigenvalue weighted by atomic mass is 16.2. The molecule has 0 fully saturated rings. The average molecular weight is 263 g/mol. The number of carbonyl (C=O) groups is 1. The summed E-state index contributed by atoms with van der Waals surface area (Å²) in [6.45, 7) is 7.41. The number of likely N-dealkylation sites (N-methyl/N-ethyl adjacent to an activating group) is 1. The minimum Gasteiger partial charge on any atom is -0.362 e. The number of para-hydroxylation sites is 1. The number of benzene rings is 1. The van der Waals surface area contributed by atoms with Crippen molar-refractivity contribution < 1.29 is 4.79 Å². The van der Waals surface area contributed by atoms with Crippen molar-refractivity contribution in [3.8, 4) is 0 Å². The first-order valence-corrected chi connectivity index (χ1v) is 7.00. The van der Waals surface area contributed by atoms with Gasteiger partial charge in [-0.25, -0.2) is 0 Å². The van der Waals surface area contributed by atoms with Gasteiger partial charge in [-0.2, -0.15) is 0 Å². The van der Waals surface area contributed by atoms with Gasteiger partial charge in [0, 0.05) is 25.3 Å². The number of rotatable bonds is 8. The summed E-state index contributed by atoms with van der Waals surface area (Å²) in [5.41, 5.74) is 6.66. The molecule has 2 N–H and O–H groups in total. The number of amides is 1. The maximum atomic E-state index is 12.2. The van der Waals surface area contributed by atoms with E-state index in [4.69, 9.17) is 5.73 Å². The molecule has 0 radical (unpaired) electrons. The molecule has 0 spiro atoms. The molecule has 0 atom stereocenters. The van der Waals surface area contributed by atoms with E-state index in [2.05, 4.69) is 4.90 Å². The van der Waals surface area contributed by atoms with Crippen molar-refractivity contribution in [2.24, 2.45) is 5.73 Å². The van der Waals surface area contributed by atoms with Crippen molar-refractivity contribution >= 4 is 11.6 Å². The lowest BCUT2D eigenvalue weighted by molar-refractivity contribution is -0.129. The van der Waals surface area contributed by atoms with Crippen LogP contribution >= 0.6 is 0 Å². The van der Waals surface area contributed by atoms with E-state index in [1.807, 2.05) is 49.1 Å².